The SMILES string of the molecule is CC(C)CC(=O)N1CCN(C(=O)CCCCCNC(N)=NCC2CCC2)CC1. The maximum atomic E-state index is 12.3. The maximum absolute atomic E-state index is 12.3. The Morgan fingerprint density at radius 2 is 1.68 bits per heavy atom. The normalized spacial score (nSPS) is 18.3. The first-order valence-corrected chi connectivity index (χ1v) is 11.0. The minimum absolute atomic E-state index is 0.213. The van der Waals surface area contributed by atoms with Crippen LogP contribution in [0.3, 0.4) is 0 Å². The quantitative estimate of drug-likeness (QED) is 0.337. The van der Waals surface area contributed by atoms with Gasteiger partial charge < -0.3 is 20.9 Å². The molecular formula is C21H39N5O2. The number of hydrogen-bond acceptors (Lipinski definition) is 3. The van der Waals surface area contributed by atoms with Gasteiger partial charge in [-0.1, -0.05) is 26.7 Å². The molecule has 2 amide bonds. The monoisotopic (exact) mass is 393 g/mol. The van der Waals surface area contributed by atoms with Crippen molar-refractivity contribution in [3.63, 3.8) is 0 Å². The molecule has 0 bridgehead atoms. The molecule has 0 spiro atoms. The molecule has 1 heterocycles. The second kappa shape index (κ2) is 11.9. The van der Waals surface area contributed by atoms with Crippen LogP contribution in [0.4, 0.5) is 0 Å². The van der Waals surface area contributed by atoms with Crippen LogP contribution in [0.2, 0.25) is 0 Å². The summed E-state index contributed by atoms with van der Waals surface area (Å²) in [5.41, 5.74) is 5.87. The number of carbonyl (C=O) groups excluding carboxylic acids is 2. The van der Waals surface area contributed by atoms with Gasteiger partial charge in [0.2, 0.25) is 11.8 Å². The first-order chi connectivity index (χ1) is 13.5. The third-order valence-corrected chi connectivity index (χ3v) is 5.69. The summed E-state index contributed by atoms with van der Waals surface area (Å²) in [6.45, 7) is 8.44. The summed E-state index contributed by atoms with van der Waals surface area (Å²) in [7, 11) is 0. The van der Waals surface area contributed by atoms with E-state index in [9.17, 15) is 9.59 Å². The second-order valence-corrected chi connectivity index (χ2v) is 8.62. The van der Waals surface area contributed by atoms with Crippen LogP contribution < -0.4 is 11.1 Å². The number of nitrogens with zero attached hydrogens (tertiary/aromatic N) is 3. The zero-order valence-electron chi connectivity index (χ0n) is 17.8. The Morgan fingerprint density at radius 1 is 1.04 bits per heavy atom. The van der Waals surface area contributed by atoms with E-state index in [0.29, 0.717) is 50.9 Å². The number of unbranched alkanes of at least 4 members (excludes halogenated alkanes) is 2. The zero-order valence-corrected chi connectivity index (χ0v) is 17.8. The zero-order chi connectivity index (χ0) is 20.4. The first-order valence-electron chi connectivity index (χ1n) is 11.0. The standard InChI is InChI=1S/C21H39N5O2/c1-17(2)15-20(28)26-13-11-25(12-14-26)19(27)9-4-3-5-10-23-21(22)24-16-18-7-6-8-18/h17-18H,3-16H2,1-2H3,(H3,22,23,24). The van der Waals surface area contributed by atoms with Crippen LogP contribution in [0.25, 0.3) is 0 Å². The van der Waals surface area contributed by atoms with E-state index in [-0.39, 0.29) is 11.8 Å². The van der Waals surface area contributed by atoms with Crippen molar-refractivity contribution in [3.8, 4) is 0 Å². The van der Waals surface area contributed by atoms with E-state index in [1.54, 1.807) is 0 Å². The Balaban J connectivity index is 1.49. The molecule has 7 heteroatoms. The van der Waals surface area contributed by atoms with Crippen LogP contribution in [-0.4, -0.2) is 66.8 Å². The lowest BCUT2D eigenvalue weighted by molar-refractivity contribution is -0.140. The fourth-order valence-electron chi connectivity index (χ4n) is 3.59. The van der Waals surface area contributed by atoms with Gasteiger partial charge in [-0.05, 0) is 37.5 Å². The molecule has 160 valence electrons. The molecule has 0 unspecified atom stereocenters. The average molecular weight is 394 g/mol. The summed E-state index contributed by atoms with van der Waals surface area (Å²) in [6.07, 6.45) is 7.97. The molecule has 0 aromatic heterocycles. The van der Waals surface area contributed by atoms with Crippen molar-refractivity contribution in [2.75, 3.05) is 39.3 Å². The molecule has 0 aromatic rings. The Kier molecular flexibility index (Phi) is 9.58. The summed E-state index contributed by atoms with van der Waals surface area (Å²) in [5.74, 6) is 2.09. The third kappa shape index (κ3) is 8.07. The van der Waals surface area contributed by atoms with Gasteiger partial charge in [-0.3, -0.25) is 14.6 Å². The van der Waals surface area contributed by atoms with Gasteiger partial charge >= 0.3 is 0 Å². The van der Waals surface area contributed by atoms with E-state index < -0.39 is 0 Å². The fraction of sp³-hybridized carbons (Fsp3) is 0.857. The lowest BCUT2D eigenvalue weighted by atomic mass is 9.86. The summed E-state index contributed by atoms with van der Waals surface area (Å²) >= 11 is 0. The predicted octanol–water partition coefficient (Wildman–Crippen LogP) is 1.97. The van der Waals surface area contributed by atoms with Crippen LogP contribution in [0.5, 0.6) is 0 Å². The van der Waals surface area contributed by atoms with Gasteiger partial charge in [-0.25, -0.2) is 0 Å². The summed E-state index contributed by atoms with van der Waals surface area (Å²) in [6, 6.07) is 0. The highest BCUT2D eigenvalue weighted by molar-refractivity contribution is 5.78. The Hall–Kier alpha value is -1.79. The molecule has 0 atom stereocenters. The first kappa shape index (κ1) is 22.5. The maximum Gasteiger partial charge on any atom is 0.222 e. The topological polar surface area (TPSA) is 91.0 Å². The van der Waals surface area contributed by atoms with Crippen molar-refractivity contribution < 1.29 is 9.59 Å². The van der Waals surface area contributed by atoms with Crippen molar-refractivity contribution in [2.24, 2.45) is 22.6 Å². The van der Waals surface area contributed by atoms with Crippen molar-refractivity contribution >= 4 is 17.8 Å². The largest absolute Gasteiger partial charge is 0.370 e. The van der Waals surface area contributed by atoms with E-state index in [4.69, 9.17) is 5.73 Å². The van der Waals surface area contributed by atoms with Crippen LogP contribution in [0.15, 0.2) is 4.99 Å². The van der Waals surface area contributed by atoms with Gasteiger partial charge in [0.1, 0.15) is 0 Å². The molecule has 0 radical (unpaired) electrons. The van der Waals surface area contributed by atoms with E-state index >= 15 is 0 Å². The third-order valence-electron chi connectivity index (χ3n) is 5.69. The Bertz CT molecular complexity index is 523. The van der Waals surface area contributed by atoms with Gasteiger partial charge in [0.15, 0.2) is 5.96 Å². The van der Waals surface area contributed by atoms with Gasteiger partial charge in [0, 0.05) is 52.1 Å². The molecule has 7 nitrogen and oxygen atoms in total. The number of hydrogen-bond donors (Lipinski definition) is 2. The summed E-state index contributed by atoms with van der Waals surface area (Å²) < 4.78 is 0. The van der Waals surface area contributed by atoms with E-state index in [1.807, 2.05) is 9.80 Å². The van der Waals surface area contributed by atoms with Crippen molar-refractivity contribution in [1.29, 1.82) is 0 Å². The predicted molar refractivity (Wildman–Crippen MR) is 113 cm³/mol. The number of aliphatic imine (C=N–C) groups is 1. The number of carbonyl (C=O) groups is 2. The van der Waals surface area contributed by atoms with Crippen LogP contribution in [-0.2, 0) is 9.59 Å². The molecular weight excluding hydrogens is 354 g/mol. The molecule has 1 saturated carbocycles. The molecule has 1 saturated heterocycles. The Labute approximate surface area is 170 Å². The number of rotatable bonds is 10. The molecule has 3 N–H and O–H groups in total. The van der Waals surface area contributed by atoms with E-state index in [1.165, 1.54) is 19.3 Å². The fourth-order valence-corrected chi connectivity index (χ4v) is 3.59. The van der Waals surface area contributed by atoms with Crippen molar-refractivity contribution in [2.45, 2.75) is 65.2 Å². The number of nitrogens with one attached hydrogen (secondary N) is 1. The van der Waals surface area contributed by atoms with Crippen LogP contribution in [0, 0.1) is 11.8 Å². The van der Waals surface area contributed by atoms with Crippen LogP contribution >= 0.6 is 0 Å². The molecule has 0 aromatic carbocycles. The Morgan fingerprint density at radius 3 is 2.25 bits per heavy atom. The summed E-state index contributed by atoms with van der Waals surface area (Å²) in [4.78, 5) is 32.6. The lowest BCUT2D eigenvalue weighted by Crippen LogP contribution is -2.50. The van der Waals surface area contributed by atoms with Gasteiger partial charge in [-0.15, -0.1) is 0 Å². The molecule has 28 heavy (non-hydrogen) atoms. The molecule has 2 aliphatic rings. The number of piperazine rings is 1. The van der Waals surface area contributed by atoms with Gasteiger partial charge in [-0.2, -0.15) is 0 Å². The lowest BCUT2D eigenvalue weighted by Gasteiger charge is -2.35. The number of amides is 2. The van der Waals surface area contributed by atoms with Crippen molar-refractivity contribution in [1.82, 2.24) is 15.1 Å². The minimum Gasteiger partial charge on any atom is -0.370 e. The van der Waals surface area contributed by atoms with Gasteiger partial charge in [0.25, 0.3) is 0 Å². The highest BCUT2D eigenvalue weighted by atomic mass is 16.2. The highest BCUT2D eigenvalue weighted by Crippen LogP contribution is 2.26. The second-order valence-electron chi connectivity index (χ2n) is 8.62. The molecule has 1 aliphatic carbocycles. The smallest absolute Gasteiger partial charge is 0.222 e. The summed E-state index contributed by atoms with van der Waals surface area (Å²) in [5, 5.41) is 3.16. The average Bonchev–Trinajstić information content (AvgIpc) is 2.62. The van der Waals surface area contributed by atoms with E-state index in [0.717, 1.165) is 38.3 Å². The van der Waals surface area contributed by atoms with Gasteiger partial charge in [0.05, 0.1) is 0 Å². The molecule has 2 fully saturated rings. The number of guanidine groups is 1. The number of nitrogens with two attached hydrogens (primary N) is 1. The molecule has 2 rings (SSSR count). The van der Waals surface area contributed by atoms with Crippen LogP contribution in [0.1, 0.15) is 65.2 Å². The highest BCUT2D eigenvalue weighted by Gasteiger charge is 2.24. The van der Waals surface area contributed by atoms with Crippen molar-refractivity contribution in [3.05, 3.63) is 0 Å². The molecule has 1 aliphatic heterocycles. The minimum atomic E-state index is 0.213. The van der Waals surface area contributed by atoms with E-state index in [2.05, 4.69) is 24.2 Å².